The summed E-state index contributed by atoms with van der Waals surface area (Å²) in [7, 11) is 2.06. The van der Waals surface area contributed by atoms with Gasteiger partial charge in [-0.1, -0.05) is 13.8 Å². The molecule has 13 heavy (non-hydrogen) atoms. The maximum Gasteiger partial charge on any atom is 0.00903 e. The molecule has 1 atom stereocenters. The summed E-state index contributed by atoms with van der Waals surface area (Å²) in [5.74, 6) is 1.40. The zero-order valence-electron chi connectivity index (χ0n) is 9.22. The summed E-state index contributed by atoms with van der Waals surface area (Å²) >= 11 is 0. The summed E-state index contributed by atoms with van der Waals surface area (Å²) in [5, 5.41) is 3.35. The Morgan fingerprint density at radius 1 is 1.15 bits per heavy atom. The van der Waals surface area contributed by atoms with Crippen LogP contribution in [0.1, 0.15) is 39.5 Å². The summed E-state index contributed by atoms with van der Waals surface area (Å²) in [5.41, 5.74) is 6.16. The average molecular weight is 184 g/mol. The predicted molar refractivity (Wildman–Crippen MR) is 57.6 cm³/mol. The fourth-order valence-corrected chi connectivity index (χ4v) is 2.34. The Morgan fingerprint density at radius 3 is 2.08 bits per heavy atom. The van der Waals surface area contributed by atoms with Crippen LogP contribution in [0.2, 0.25) is 0 Å². The molecule has 0 spiro atoms. The van der Waals surface area contributed by atoms with Crippen molar-refractivity contribution >= 4 is 0 Å². The molecule has 1 unspecified atom stereocenters. The summed E-state index contributed by atoms with van der Waals surface area (Å²) < 4.78 is 0. The van der Waals surface area contributed by atoms with Gasteiger partial charge in [0, 0.05) is 12.1 Å². The van der Waals surface area contributed by atoms with Crippen molar-refractivity contribution in [2.24, 2.45) is 17.6 Å². The van der Waals surface area contributed by atoms with Gasteiger partial charge in [-0.3, -0.25) is 0 Å². The molecule has 1 saturated carbocycles. The molecule has 1 aliphatic carbocycles. The van der Waals surface area contributed by atoms with E-state index in [9.17, 15) is 0 Å². The van der Waals surface area contributed by atoms with E-state index in [0.717, 1.165) is 12.0 Å². The van der Waals surface area contributed by atoms with Crippen LogP contribution in [0.25, 0.3) is 0 Å². The highest BCUT2D eigenvalue weighted by Gasteiger charge is 2.26. The fourth-order valence-electron chi connectivity index (χ4n) is 2.34. The van der Waals surface area contributed by atoms with Crippen molar-refractivity contribution in [1.82, 2.24) is 5.32 Å². The third-order valence-electron chi connectivity index (χ3n) is 3.49. The van der Waals surface area contributed by atoms with Gasteiger partial charge >= 0.3 is 0 Å². The molecule has 0 bridgehead atoms. The quantitative estimate of drug-likeness (QED) is 0.701. The highest BCUT2D eigenvalue weighted by Crippen LogP contribution is 2.28. The summed E-state index contributed by atoms with van der Waals surface area (Å²) in [6, 6.07) is 1.16. The minimum Gasteiger partial charge on any atom is -0.327 e. The number of hydrogen-bond donors (Lipinski definition) is 2. The highest BCUT2D eigenvalue weighted by atomic mass is 14.9. The molecule has 0 saturated heterocycles. The average Bonchev–Trinajstić information content (AvgIpc) is 2.17. The topological polar surface area (TPSA) is 38.0 Å². The van der Waals surface area contributed by atoms with E-state index in [1.807, 2.05) is 0 Å². The van der Waals surface area contributed by atoms with E-state index in [0.29, 0.717) is 12.0 Å². The van der Waals surface area contributed by atoms with E-state index in [2.05, 4.69) is 26.2 Å². The van der Waals surface area contributed by atoms with Gasteiger partial charge in [0.05, 0.1) is 0 Å². The van der Waals surface area contributed by atoms with E-state index in [-0.39, 0.29) is 0 Å². The van der Waals surface area contributed by atoms with E-state index >= 15 is 0 Å². The van der Waals surface area contributed by atoms with E-state index in [4.69, 9.17) is 5.73 Å². The minimum absolute atomic E-state index is 0.415. The van der Waals surface area contributed by atoms with Crippen molar-refractivity contribution in [1.29, 1.82) is 0 Å². The Labute approximate surface area is 82.3 Å². The van der Waals surface area contributed by atoms with Crippen molar-refractivity contribution in [3.05, 3.63) is 0 Å². The second kappa shape index (κ2) is 4.97. The Kier molecular flexibility index (Phi) is 4.20. The molecule has 3 N–H and O–H groups in total. The second-order valence-electron chi connectivity index (χ2n) is 4.72. The third kappa shape index (κ3) is 2.96. The molecule has 1 rings (SSSR count). The maximum atomic E-state index is 6.16. The van der Waals surface area contributed by atoms with Crippen LogP contribution in [-0.2, 0) is 0 Å². The van der Waals surface area contributed by atoms with Crippen LogP contribution in [-0.4, -0.2) is 19.1 Å². The fraction of sp³-hybridized carbons (Fsp3) is 1.00. The predicted octanol–water partition coefficient (Wildman–Crippen LogP) is 1.75. The lowest BCUT2D eigenvalue weighted by Crippen LogP contribution is -2.40. The van der Waals surface area contributed by atoms with Crippen LogP contribution >= 0.6 is 0 Å². The Balaban J connectivity index is 2.32. The lowest BCUT2D eigenvalue weighted by molar-refractivity contribution is 0.234. The zero-order valence-corrected chi connectivity index (χ0v) is 9.22. The standard InChI is InChI=1S/C11H24N2/c1-8(2)11(12)9-4-6-10(13-3)7-5-9/h8-11,13H,4-7,12H2,1-3H3. The van der Waals surface area contributed by atoms with Crippen molar-refractivity contribution < 1.29 is 0 Å². The van der Waals surface area contributed by atoms with Gasteiger partial charge in [-0.2, -0.15) is 0 Å². The van der Waals surface area contributed by atoms with E-state index < -0.39 is 0 Å². The Bertz CT molecular complexity index is 137. The molecule has 0 aromatic carbocycles. The van der Waals surface area contributed by atoms with Gasteiger partial charge in [0.1, 0.15) is 0 Å². The van der Waals surface area contributed by atoms with Crippen molar-refractivity contribution in [2.45, 2.75) is 51.6 Å². The van der Waals surface area contributed by atoms with Crippen LogP contribution in [0, 0.1) is 11.8 Å². The van der Waals surface area contributed by atoms with Crippen LogP contribution in [0.3, 0.4) is 0 Å². The highest BCUT2D eigenvalue weighted by molar-refractivity contribution is 4.83. The molecule has 78 valence electrons. The van der Waals surface area contributed by atoms with Gasteiger partial charge in [-0.25, -0.2) is 0 Å². The van der Waals surface area contributed by atoms with E-state index in [1.165, 1.54) is 25.7 Å². The SMILES string of the molecule is CNC1CCC(C(N)C(C)C)CC1. The number of rotatable bonds is 3. The van der Waals surface area contributed by atoms with Crippen LogP contribution in [0.5, 0.6) is 0 Å². The molecule has 2 heteroatoms. The first-order valence-corrected chi connectivity index (χ1v) is 5.58. The van der Waals surface area contributed by atoms with Gasteiger partial charge in [-0.05, 0) is 44.6 Å². The lowest BCUT2D eigenvalue weighted by atomic mass is 9.78. The molecule has 0 amide bonds. The molecule has 1 aliphatic rings. The van der Waals surface area contributed by atoms with Crippen LogP contribution in [0.15, 0.2) is 0 Å². The second-order valence-corrected chi connectivity index (χ2v) is 4.72. The minimum atomic E-state index is 0.415. The molecular weight excluding hydrogens is 160 g/mol. The third-order valence-corrected chi connectivity index (χ3v) is 3.49. The molecule has 0 aromatic rings. The molecule has 2 nitrogen and oxygen atoms in total. The van der Waals surface area contributed by atoms with Crippen molar-refractivity contribution in [3.8, 4) is 0 Å². The summed E-state index contributed by atoms with van der Waals surface area (Å²) in [4.78, 5) is 0. The molecule has 1 fully saturated rings. The smallest absolute Gasteiger partial charge is 0.00903 e. The van der Waals surface area contributed by atoms with Gasteiger partial charge in [0.15, 0.2) is 0 Å². The zero-order chi connectivity index (χ0) is 9.84. The number of nitrogens with two attached hydrogens (primary N) is 1. The molecule has 0 aliphatic heterocycles. The lowest BCUT2D eigenvalue weighted by Gasteiger charge is -2.33. The molecule has 0 heterocycles. The Morgan fingerprint density at radius 2 is 1.69 bits per heavy atom. The monoisotopic (exact) mass is 184 g/mol. The summed E-state index contributed by atoms with van der Waals surface area (Å²) in [6.45, 7) is 4.46. The van der Waals surface area contributed by atoms with Crippen LogP contribution < -0.4 is 11.1 Å². The Hall–Kier alpha value is -0.0800. The summed E-state index contributed by atoms with van der Waals surface area (Å²) in [6.07, 6.45) is 5.24. The molecular formula is C11H24N2. The van der Waals surface area contributed by atoms with Crippen molar-refractivity contribution in [3.63, 3.8) is 0 Å². The number of nitrogens with one attached hydrogen (secondary N) is 1. The maximum absolute atomic E-state index is 6.16. The first-order valence-electron chi connectivity index (χ1n) is 5.58. The van der Waals surface area contributed by atoms with Gasteiger partial charge in [0.25, 0.3) is 0 Å². The molecule has 0 radical (unpaired) electrons. The largest absolute Gasteiger partial charge is 0.327 e. The van der Waals surface area contributed by atoms with Crippen molar-refractivity contribution in [2.75, 3.05) is 7.05 Å². The van der Waals surface area contributed by atoms with Gasteiger partial charge in [0.2, 0.25) is 0 Å². The van der Waals surface area contributed by atoms with Gasteiger partial charge < -0.3 is 11.1 Å². The molecule has 0 aromatic heterocycles. The normalized spacial score (nSPS) is 32.1. The van der Waals surface area contributed by atoms with E-state index in [1.54, 1.807) is 0 Å². The first-order chi connectivity index (χ1) is 6.15. The van der Waals surface area contributed by atoms with Gasteiger partial charge in [-0.15, -0.1) is 0 Å². The number of hydrogen-bond acceptors (Lipinski definition) is 2. The van der Waals surface area contributed by atoms with Crippen LogP contribution in [0.4, 0.5) is 0 Å². The first kappa shape index (κ1) is 11.0.